The first-order valence-corrected chi connectivity index (χ1v) is 8.73. The maximum Gasteiger partial charge on any atom is 0.251 e. The predicted molar refractivity (Wildman–Crippen MR) is 102 cm³/mol. The van der Waals surface area contributed by atoms with E-state index in [4.69, 9.17) is 0 Å². The molecule has 0 aliphatic rings. The first kappa shape index (κ1) is 17.9. The summed E-state index contributed by atoms with van der Waals surface area (Å²) in [6.07, 6.45) is 0. The minimum absolute atomic E-state index is 0.0477. The summed E-state index contributed by atoms with van der Waals surface area (Å²) >= 11 is 0. The Kier molecular flexibility index (Phi) is 4.89. The summed E-state index contributed by atoms with van der Waals surface area (Å²) in [6.45, 7) is 7.29. The molecule has 26 heavy (non-hydrogen) atoms. The molecule has 2 aromatic carbocycles. The second-order valence-electron chi connectivity index (χ2n) is 6.68. The van der Waals surface area contributed by atoms with E-state index in [2.05, 4.69) is 10.3 Å². The fraction of sp³-hybridized carbons (Fsp3) is 0.286. The van der Waals surface area contributed by atoms with Crippen molar-refractivity contribution in [1.29, 1.82) is 0 Å². The number of para-hydroxylation sites is 2. The molecule has 134 valence electrons. The van der Waals surface area contributed by atoms with Crippen LogP contribution in [0, 0.1) is 6.92 Å². The molecule has 2 atom stereocenters. The van der Waals surface area contributed by atoms with Crippen molar-refractivity contribution < 1.29 is 9.59 Å². The van der Waals surface area contributed by atoms with Crippen LogP contribution in [0.1, 0.15) is 54.6 Å². The van der Waals surface area contributed by atoms with E-state index in [1.54, 1.807) is 19.1 Å². The fourth-order valence-corrected chi connectivity index (χ4v) is 3.01. The van der Waals surface area contributed by atoms with Crippen LogP contribution in [0.15, 0.2) is 48.5 Å². The highest BCUT2D eigenvalue weighted by Gasteiger charge is 2.23. The maximum atomic E-state index is 12.6. The molecule has 1 amide bonds. The highest BCUT2D eigenvalue weighted by atomic mass is 16.1. The molecule has 0 saturated carbocycles. The van der Waals surface area contributed by atoms with Crippen LogP contribution in [0.3, 0.4) is 0 Å². The maximum absolute atomic E-state index is 12.6. The third kappa shape index (κ3) is 3.38. The van der Waals surface area contributed by atoms with E-state index >= 15 is 0 Å². The van der Waals surface area contributed by atoms with E-state index in [0.29, 0.717) is 11.4 Å². The van der Waals surface area contributed by atoms with Crippen LogP contribution in [0.4, 0.5) is 0 Å². The number of Topliss-reactive ketones (excluding diaryl/α,β-unsaturated/α-hetero) is 1. The minimum Gasteiger partial charge on any atom is -0.342 e. The Labute approximate surface area is 153 Å². The van der Waals surface area contributed by atoms with Crippen molar-refractivity contribution in [2.24, 2.45) is 0 Å². The third-order valence-corrected chi connectivity index (χ3v) is 4.65. The number of imidazole rings is 1. The molecule has 0 fully saturated rings. The summed E-state index contributed by atoms with van der Waals surface area (Å²) in [7, 11) is 0. The largest absolute Gasteiger partial charge is 0.342 e. The number of benzene rings is 2. The average molecular weight is 349 g/mol. The normalized spacial score (nSPS) is 13.4. The monoisotopic (exact) mass is 349 g/mol. The number of nitrogens with zero attached hydrogens (tertiary/aromatic N) is 2. The van der Waals surface area contributed by atoms with Crippen molar-refractivity contribution in [2.75, 3.05) is 0 Å². The van der Waals surface area contributed by atoms with Crippen LogP contribution in [-0.2, 0) is 4.79 Å². The number of aryl methyl sites for hydroxylation is 1. The highest BCUT2D eigenvalue weighted by Crippen LogP contribution is 2.25. The summed E-state index contributed by atoms with van der Waals surface area (Å²) in [5, 5.41) is 2.99. The summed E-state index contributed by atoms with van der Waals surface area (Å²) in [6, 6.07) is 14.4. The zero-order valence-electron chi connectivity index (χ0n) is 15.5. The van der Waals surface area contributed by atoms with Crippen LogP contribution < -0.4 is 5.32 Å². The van der Waals surface area contributed by atoms with E-state index in [1.165, 1.54) is 0 Å². The first-order chi connectivity index (χ1) is 12.4. The molecule has 1 aromatic heterocycles. The minimum atomic E-state index is -0.351. The number of aromatic nitrogens is 2. The van der Waals surface area contributed by atoms with Crippen molar-refractivity contribution in [1.82, 2.24) is 14.9 Å². The lowest BCUT2D eigenvalue weighted by molar-refractivity contribution is -0.119. The molecule has 0 bridgehead atoms. The number of ketones is 1. The van der Waals surface area contributed by atoms with Crippen molar-refractivity contribution in [3.8, 4) is 0 Å². The second kappa shape index (κ2) is 7.12. The lowest BCUT2D eigenvalue weighted by Crippen LogP contribution is -2.30. The zero-order chi connectivity index (χ0) is 18.8. The average Bonchev–Trinajstić information content (AvgIpc) is 3.01. The summed E-state index contributed by atoms with van der Waals surface area (Å²) in [5.74, 6) is 0.562. The number of rotatable bonds is 5. The molecule has 5 nitrogen and oxygen atoms in total. The van der Waals surface area contributed by atoms with Crippen LogP contribution in [0.2, 0.25) is 0 Å². The Bertz CT molecular complexity index is 957. The number of carbonyl (C=O) groups excluding carboxylic acids is 2. The number of hydrogen-bond donors (Lipinski definition) is 1. The second-order valence-corrected chi connectivity index (χ2v) is 6.68. The summed E-state index contributed by atoms with van der Waals surface area (Å²) < 4.78 is 1.91. The molecule has 1 N–H and O–H groups in total. The molecule has 3 rings (SSSR count). The van der Waals surface area contributed by atoms with Crippen molar-refractivity contribution in [2.45, 2.75) is 39.8 Å². The highest BCUT2D eigenvalue weighted by molar-refractivity contribution is 5.94. The van der Waals surface area contributed by atoms with E-state index < -0.39 is 0 Å². The van der Waals surface area contributed by atoms with Gasteiger partial charge in [-0.05, 0) is 52.0 Å². The molecule has 0 radical (unpaired) electrons. The number of amides is 1. The molecule has 5 heteroatoms. The summed E-state index contributed by atoms with van der Waals surface area (Å²) in [5.41, 5.74) is 3.41. The Hall–Kier alpha value is -2.95. The molecule has 1 heterocycles. The van der Waals surface area contributed by atoms with Gasteiger partial charge in [-0.2, -0.15) is 0 Å². The van der Waals surface area contributed by atoms with Crippen molar-refractivity contribution in [3.05, 3.63) is 65.5 Å². The molecule has 0 spiro atoms. The molecule has 0 aliphatic carbocycles. The number of nitrogens with one attached hydrogen (secondary N) is 1. The van der Waals surface area contributed by atoms with Gasteiger partial charge in [0.05, 0.1) is 23.1 Å². The Morgan fingerprint density at radius 2 is 1.69 bits per heavy atom. The molecule has 2 unspecified atom stereocenters. The van der Waals surface area contributed by atoms with Gasteiger partial charge in [0.15, 0.2) is 5.78 Å². The van der Waals surface area contributed by atoms with Crippen LogP contribution in [0.5, 0.6) is 0 Å². The number of hydrogen-bond acceptors (Lipinski definition) is 3. The Morgan fingerprint density at radius 3 is 2.35 bits per heavy atom. The smallest absolute Gasteiger partial charge is 0.251 e. The van der Waals surface area contributed by atoms with Crippen LogP contribution >= 0.6 is 0 Å². The third-order valence-electron chi connectivity index (χ3n) is 4.65. The van der Waals surface area contributed by atoms with Crippen molar-refractivity contribution in [3.63, 3.8) is 0 Å². The molecule has 3 aromatic rings. The van der Waals surface area contributed by atoms with Gasteiger partial charge in [-0.3, -0.25) is 9.59 Å². The van der Waals surface area contributed by atoms with Gasteiger partial charge in [0.25, 0.3) is 5.91 Å². The Balaban J connectivity index is 1.96. The van der Waals surface area contributed by atoms with Crippen LogP contribution in [-0.4, -0.2) is 21.2 Å². The van der Waals surface area contributed by atoms with Crippen LogP contribution in [0.25, 0.3) is 11.0 Å². The molecule has 0 saturated heterocycles. The zero-order valence-corrected chi connectivity index (χ0v) is 15.5. The van der Waals surface area contributed by atoms with Gasteiger partial charge in [0.2, 0.25) is 0 Å². The Morgan fingerprint density at radius 1 is 1.04 bits per heavy atom. The lowest BCUT2D eigenvalue weighted by atomic mass is 10.1. The van der Waals surface area contributed by atoms with E-state index in [1.807, 2.05) is 61.7 Å². The summed E-state index contributed by atoms with van der Waals surface area (Å²) in [4.78, 5) is 29.2. The molecular weight excluding hydrogens is 326 g/mol. The topological polar surface area (TPSA) is 64.0 Å². The predicted octanol–water partition coefficient (Wildman–Crippen LogP) is 3.99. The van der Waals surface area contributed by atoms with E-state index in [-0.39, 0.29) is 23.8 Å². The fourth-order valence-electron chi connectivity index (χ4n) is 3.01. The van der Waals surface area contributed by atoms with Gasteiger partial charge < -0.3 is 9.88 Å². The quantitative estimate of drug-likeness (QED) is 0.757. The lowest BCUT2D eigenvalue weighted by Gasteiger charge is -2.19. The van der Waals surface area contributed by atoms with Gasteiger partial charge in [-0.25, -0.2) is 4.98 Å². The van der Waals surface area contributed by atoms with Gasteiger partial charge in [-0.1, -0.05) is 29.8 Å². The standard InChI is InChI=1S/C21H23N3O2/c1-13-9-11-17(12-10-13)21(26)22-14(2)20-23-18-7-5-6-8-19(18)24(20)15(3)16(4)25/h5-12,14-15H,1-4H3,(H,22,26). The molecule has 0 aliphatic heterocycles. The van der Waals surface area contributed by atoms with Gasteiger partial charge in [0, 0.05) is 5.56 Å². The first-order valence-electron chi connectivity index (χ1n) is 8.73. The number of fused-ring (bicyclic) bond motifs is 1. The van der Waals surface area contributed by atoms with Gasteiger partial charge >= 0.3 is 0 Å². The number of carbonyl (C=O) groups is 2. The van der Waals surface area contributed by atoms with Gasteiger partial charge in [0.1, 0.15) is 5.82 Å². The van der Waals surface area contributed by atoms with Gasteiger partial charge in [-0.15, -0.1) is 0 Å². The van der Waals surface area contributed by atoms with Crippen molar-refractivity contribution >= 4 is 22.7 Å². The van der Waals surface area contributed by atoms with E-state index in [0.717, 1.165) is 16.6 Å². The SMILES string of the molecule is CC(=O)C(C)n1c(C(C)NC(=O)c2ccc(C)cc2)nc2ccccc21. The van der Waals surface area contributed by atoms with E-state index in [9.17, 15) is 9.59 Å². The molecular formula is C21H23N3O2.